The van der Waals surface area contributed by atoms with Gasteiger partial charge in [0.1, 0.15) is 11.1 Å². The highest BCUT2D eigenvalue weighted by Gasteiger charge is 2.29. The van der Waals surface area contributed by atoms with Gasteiger partial charge in [-0.25, -0.2) is 4.79 Å². The normalized spacial score (nSPS) is 12.9. The number of nitrogens with one attached hydrogen (secondary N) is 2. The average molecular weight is 538 g/mol. The standard InChI is InChI=1S/C25H23N5O6S.CH4/c1-25(2,3)36-22(33)19(14-7-9-16-17(11-14)35-12-34-16)27-23-29-30-24(37-23)28-21(32)15-8-6-13-5-4-10-26-18(13)20(15)31;/h4-11,19,31H,12H2,1-3H3,(H,27,29)(H,28,30,32);1H4. The zero-order valence-electron chi connectivity index (χ0n) is 20.1. The van der Waals surface area contributed by atoms with E-state index in [0.717, 1.165) is 11.3 Å². The van der Waals surface area contributed by atoms with Crippen molar-refractivity contribution in [2.75, 3.05) is 17.4 Å². The molecule has 0 aliphatic carbocycles. The Labute approximate surface area is 222 Å². The van der Waals surface area contributed by atoms with Crippen LogP contribution in [0.15, 0.2) is 48.7 Å². The molecule has 0 spiro atoms. The number of anilines is 2. The molecule has 2 aromatic carbocycles. The summed E-state index contributed by atoms with van der Waals surface area (Å²) in [5.41, 5.74) is 0.221. The van der Waals surface area contributed by atoms with Crippen molar-refractivity contribution in [1.82, 2.24) is 15.2 Å². The molecule has 0 radical (unpaired) electrons. The van der Waals surface area contributed by atoms with Crippen LogP contribution >= 0.6 is 11.3 Å². The van der Waals surface area contributed by atoms with Crippen LogP contribution in [-0.2, 0) is 9.53 Å². The summed E-state index contributed by atoms with van der Waals surface area (Å²) < 4.78 is 16.4. The molecular weight excluding hydrogens is 510 g/mol. The van der Waals surface area contributed by atoms with Crippen LogP contribution in [0.2, 0.25) is 0 Å². The molecule has 1 aliphatic rings. The number of nitrogens with zero attached hydrogens (tertiary/aromatic N) is 3. The largest absolute Gasteiger partial charge is 0.505 e. The summed E-state index contributed by atoms with van der Waals surface area (Å²) >= 11 is 1.02. The van der Waals surface area contributed by atoms with E-state index in [9.17, 15) is 14.7 Å². The van der Waals surface area contributed by atoms with Crippen LogP contribution < -0.4 is 20.1 Å². The van der Waals surface area contributed by atoms with E-state index in [0.29, 0.717) is 28.0 Å². The fourth-order valence-corrected chi connectivity index (χ4v) is 4.33. The van der Waals surface area contributed by atoms with Crippen molar-refractivity contribution in [1.29, 1.82) is 0 Å². The van der Waals surface area contributed by atoms with Gasteiger partial charge in [-0.3, -0.25) is 15.1 Å². The summed E-state index contributed by atoms with van der Waals surface area (Å²) in [4.78, 5) is 30.0. The topological polar surface area (TPSA) is 145 Å². The molecule has 11 nitrogen and oxygen atoms in total. The Balaban J connectivity index is 0.00000336. The van der Waals surface area contributed by atoms with Crippen LogP contribution in [0.1, 0.15) is 50.2 Å². The second-order valence-corrected chi connectivity index (χ2v) is 10.1. The number of ether oxygens (including phenoxy) is 3. The number of aromatic nitrogens is 3. The average Bonchev–Trinajstić information content (AvgIpc) is 3.50. The quantitative estimate of drug-likeness (QED) is 0.290. The van der Waals surface area contributed by atoms with Crippen LogP contribution in [-0.4, -0.2) is 44.6 Å². The number of hydrogen-bond donors (Lipinski definition) is 3. The Bertz CT molecular complexity index is 1500. The number of phenols is 1. The molecule has 0 saturated heterocycles. The van der Waals surface area contributed by atoms with Crippen molar-refractivity contribution in [3.63, 3.8) is 0 Å². The number of pyridine rings is 1. The van der Waals surface area contributed by atoms with E-state index in [1.807, 2.05) is 0 Å². The molecule has 0 saturated carbocycles. The summed E-state index contributed by atoms with van der Waals surface area (Å²) in [7, 11) is 0. The Morgan fingerprint density at radius 3 is 2.63 bits per heavy atom. The number of rotatable bonds is 6. The smallest absolute Gasteiger partial charge is 0.333 e. The third-order valence-electron chi connectivity index (χ3n) is 5.28. The lowest BCUT2D eigenvalue weighted by Gasteiger charge is -2.24. The maximum Gasteiger partial charge on any atom is 0.333 e. The van der Waals surface area contributed by atoms with E-state index >= 15 is 0 Å². The summed E-state index contributed by atoms with van der Waals surface area (Å²) in [5.74, 6) is -0.235. The molecule has 0 bridgehead atoms. The van der Waals surface area contributed by atoms with Gasteiger partial charge in [-0.2, -0.15) is 0 Å². The lowest BCUT2D eigenvalue weighted by atomic mass is 10.1. The van der Waals surface area contributed by atoms with Crippen LogP contribution in [0.5, 0.6) is 17.2 Å². The summed E-state index contributed by atoms with van der Waals surface area (Å²) in [6.45, 7) is 5.43. The number of esters is 1. The Morgan fingerprint density at radius 1 is 1.08 bits per heavy atom. The van der Waals surface area contributed by atoms with Gasteiger partial charge in [0.25, 0.3) is 5.91 Å². The van der Waals surface area contributed by atoms with Gasteiger partial charge in [0, 0.05) is 11.6 Å². The number of fused-ring (bicyclic) bond motifs is 2. The molecule has 12 heteroatoms. The fourth-order valence-electron chi connectivity index (χ4n) is 3.66. The molecule has 0 fully saturated rings. The minimum atomic E-state index is -0.930. The molecule has 1 atom stereocenters. The first-order chi connectivity index (χ1) is 17.7. The van der Waals surface area contributed by atoms with Crippen molar-refractivity contribution in [3.05, 3.63) is 59.8 Å². The van der Waals surface area contributed by atoms with Crippen molar-refractivity contribution in [2.24, 2.45) is 0 Å². The molecule has 1 amide bonds. The number of carbonyl (C=O) groups excluding carboxylic acids is 2. The molecule has 1 unspecified atom stereocenters. The SMILES string of the molecule is C.CC(C)(C)OC(=O)C(Nc1nnc(NC(=O)c2ccc3cccnc3c2O)s1)c1ccc2c(c1)OCO2. The third-order valence-corrected chi connectivity index (χ3v) is 6.05. The van der Waals surface area contributed by atoms with Crippen LogP contribution in [0.25, 0.3) is 10.9 Å². The zero-order valence-corrected chi connectivity index (χ0v) is 21.0. The minimum Gasteiger partial charge on any atom is -0.505 e. The monoisotopic (exact) mass is 537 g/mol. The summed E-state index contributed by atoms with van der Waals surface area (Å²) in [6, 6.07) is 10.9. The number of benzene rings is 2. The first-order valence-corrected chi connectivity index (χ1v) is 12.1. The van der Waals surface area contributed by atoms with Crippen LogP contribution in [0.4, 0.5) is 10.3 Å². The predicted octanol–water partition coefficient (Wildman–Crippen LogP) is 4.90. The molecule has 3 heterocycles. The van der Waals surface area contributed by atoms with Crippen molar-refractivity contribution >= 4 is 44.4 Å². The molecule has 5 rings (SSSR count). The number of carbonyl (C=O) groups is 2. The van der Waals surface area contributed by atoms with Crippen LogP contribution in [0.3, 0.4) is 0 Å². The molecule has 2 aromatic heterocycles. The lowest BCUT2D eigenvalue weighted by molar-refractivity contribution is -0.156. The van der Waals surface area contributed by atoms with Crippen LogP contribution in [0, 0.1) is 0 Å². The van der Waals surface area contributed by atoms with Gasteiger partial charge in [-0.05, 0) is 50.6 Å². The number of amides is 1. The predicted molar refractivity (Wildman–Crippen MR) is 143 cm³/mol. The number of aromatic hydroxyl groups is 1. The Hall–Kier alpha value is -4.45. The first kappa shape index (κ1) is 26.6. The Morgan fingerprint density at radius 2 is 1.84 bits per heavy atom. The highest BCUT2D eigenvalue weighted by Crippen LogP contribution is 2.36. The second-order valence-electron chi connectivity index (χ2n) is 9.13. The molecule has 1 aliphatic heterocycles. The highest BCUT2D eigenvalue weighted by molar-refractivity contribution is 7.19. The van der Waals surface area contributed by atoms with Gasteiger partial charge in [0.05, 0.1) is 5.56 Å². The van der Waals surface area contributed by atoms with Crippen molar-refractivity contribution in [3.8, 4) is 17.2 Å². The fraction of sp³-hybridized carbons (Fsp3) is 0.269. The van der Waals surface area contributed by atoms with Crippen molar-refractivity contribution in [2.45, 2.75) is 39.8 Å². The second kappa shape index (κ2) is 10.5. The maximum absolute atomic E-state index is 13.1. The van der Waals surface area contributed by atoms with E-state index in [1.54, 1.807) is 57.2 Å². The van der Waals surface area contributed by atoms with Crippen molar-refractivity contribution < 1.29 is 28.9 Å². The van der Waals surface area contributed by atoms with Gasteiger partial charge in [-0.15, -0.1) is 10.2 Å². The van der Waals surface area contributed by atoms with Gasteiger partial charge in [0.2, 0.25) is 17.1 Å². The molecule has 4 aromatic rings. The zero-order chi connectivity index (χ0) is 26.2. The molecule has 3 N–H and O–H groups in total. The van der Waals surface area contributed by atoms with Gasteiger partial charge in [0.15, 0.2) is 23.3 Å². The molecular formula is C26H27N5O6S. The van der Waals surface area contributed by atoms with E-state index in [4.69, 9.17) is 14.2 Å². The number of hydrogen-bond acceptors (Lipinski definition) is 11. The lowest BCUT2D eigenvalue weighted by Crippen LogP contribution is -2.31. The highest BCUT2D eigenvalue weighted by atomic mass is 32.1. The maximum atomic E-state index is 13.1. The number of phenolic OH excluding ortho intramolecular Hbond substituents is 1. The first-order valence-electron chi connectivity index (χ1n) is 11.3. The summed E-state index contributed by atoms with van der Waals surface area (Å²) in [6.07, 6.45) is 1.54. The van der Waals surface area contributed by atoms with E-state index < -0.39 is 23.5 Å². The van der Waals surface area contributed by atoms with E-state index in [1.165, 1.54) is 12.3 Å². The van der Waals surface area contributed by atoms with E-state index in [2.05, 4.69) is 25.8 Å². The van der Waals surface area contributed by atoms with Gasteiger partial charge < -0.3 is 24.6 Å². The molecule has 38 heavy (non-hydrogen) atoms. The van der Waals surface area contributed by atoms with Gasteiger partial charge >= 0.3 is 5.97 Å². The van der Waals surface area contributed by atoms with E-state index in [-0.39, 0.29) is 35.8 Å². The van der Waals surface area contributed by atoms with Gasteiger partial charge in [-0.1, -0.05) is 37.0 Å². The third kappa shape index (κ3) is 5.59. The summed E-state index contributed by atoms with van der Waals surface area (Å²) in [5, 5.41) is 25.4. The molecule has 198 valence electrons. The minimum absolute atomic E-state index is 0. The Kier molecular flexibility index (Phi) is 7.35.